The Morgan fingerprint density at radius 2 is 1.59 bits per heavy atom. The number of carbonyl (C=O) groups is 1. The van der Waals surface area contributed by atoms with E-state index < -0.39 is 45.1 Å². The van der Waals surface area contributed by atoms with Gasteiger partial charge in [-0.15, -0.1) is 0 Å². The third-order valence-electron chi connectivity index (χ3n) is 4.29. The SMILES string of the molecule is O=C(CN(c1ccccc1)S(=O)(=O)c1ccc(F)cc1)Nc1ccc(Cl)c(C(F)(F)F)c1. The molecule has 0 bridgehead atoms. The van der Waals surface area contributed by atoms with Crippen LogP contribution in [0.15, 0.2) is 77.7 Å². The number of alkyl halides is 3. The summed E-state index contributed by atoms with van der Waals surface area (Å²) >= 11 is 5.57. The number of benzene rings is 3. The van der Waals surface area contributed by atoms with Crippen LogP contribution in [0.5, 0.6) is 0 Å². The second-order valence-corrected chi connectivity index (χ2v) is 8.81. The summed E-state index contributed by atoms with van der Waals surface area (Å²) in [5.74, 6) is -1.54. The molecule has 0 aliphatic heterocycles. The van der Waals surface area contributed by atoms with Gasteiger partial charge in [0.1, 0.15) is 12.4 Å². The third-order valence-corrected chi connectivity index (χ3v) is 6.41. The lowest BCUT2D eigenvalue weighted by molar-refractivity contribution is -0.137. The topological polar surface area (TPSA) is 66.5 Å². The maximum atomic E-state index is 13.2. The van der Waals surface area contributed by atoms with Crippen LogP contribution >= 0.6 is 11.6 Å². The summed E-state index contributed by atoms with van der Waals surface area (Å²) in [5.41, 5.74) is -1.21. The zero-order valence-corrected chi connectivity index (χ0v) is 17.7. The molecule has 32 heavy (non-hydrogen) atoms. The number of amides is 1. The van der Waals surface area contributed by atoms with Crippen LogP contribution in [0.4, 0.5) is 28.9 Å². The first-order valence-electron chi connectivity index (χ1n) is 8.98. The van der Waals surface area contributed by atoms with Crippen molar-refractivity contribution in [2.75, 3.05) is 16.2 Å². The molecule has 0 radical (unpaired) electrons. The molecule has 0 atom stereocenters. The molecule has 3 aromatic rings. The monoisotopic (exact) mass is 486 g/mol. The smallest absolute Gasteiger partial charge is 0.324 e. The van der Waals surface area contributed by atoms with Gasteiger partial charge < -0.3 is 5.32 Å². The number of nitrogens with zero attached hydrogens (tertiary/aromatic N) is 1. The van der Waals surface area contributed by atoms with Gasteiger partial charge in [0.15, 0.2) is 0 Å². The van der Waals surface area contributed by atoms with Gasteiger partial charge in [-0.2, -0.15) is 13.2 Å². The Labute approximate surface area is 186 Å². The van der Waals surface area contributed by atoms with E-state index in [1.807, 2.05) is 0 Å². The van der Waals surface area contributed by atoms with Gasteiger partial charge >= 0.3 is 6.18 Å². The minimum atomic E-state index is -4.74. The first-order valence-corrected chi connectivity index (χ1v) is 10.8. The van der Waals surface area contributed by atoms with Crippen LogP contribution in [-0.2, 0) is 21.0 Å². The predicted octanol–water partition coefficient (Wildman–Crippen LogP) is 5.33. The molecular weight excluding hydrogens is 472 g/mol. The Kier molecular flexibility index (Phi) is 6.75. The molecule has 0 fully saturated rings. The average molecular weight is 487 g/mol. The average Bonchev–Trinajstić information content (AvgIpc) is 2.73. The quantitative estimate of drug-likeness (QED) is 0.479. The highest BCUT2D eigenvalue weighted by molar-refractivity contribution is 7.92. The summed E-state index contributed by atoms with van der Waals surface area (Å²) in [4.78, 5) is 12.3. The molecule has 1 amide bonds. The van der Waals surface area contributed by atoms with Gasteiger partial charge in [-0.1, -0.05) is 29.8 Å². The normalized spacial score (nSPS) is 11.8. The molecule has 0 aromatic heterocycles. The molecule has 5 nitrogen and oxygen atoms in total. The Bertz CT molecular complexity index is 1220. The van der Waals surface area contributed by atoms with E-state index in [-0.39, 0.29) is 16.3 Å². The van der Waals surface area contributed by atoms with E-state index in [1.165, 1.54) is 12.1 Å². The van der Waals surface area contributed by atoms with Crippen molar-refractivity contribution in [2.24, 2.45) is 0 Å². The summed E-state index contributed by atoms with van der Waals surface area (Å²) < 4.78 is 79.4. The van der Waals surface area contributed by atoms with E-state index in [4.69, 9.17) is 11.6 Å². The Morgan fingerprint density at radius 1 is 0.969 bits per heavy atom. The third kappa shape index (κ3) is 5.38. The molecule has 3 aromatic carbocycles. The van der Waals surface area contributed by atoms with Crippen molar-refractivity contribution in [1.29, 1.82) is 0 Å². The summed E-state index contributed by atoms with van der Waals surface area (Å²) in [6.45, 7) is -0.742. The van der Waals surface area contributed by atoms with Crippen molar-refractivity contribution in [3.63, 3.8) is 0 Å². The number of carbonyl (C=O) groups excluding carboxylic acids is 1. The fourth-order valence-corrected chi connectivity index (χ4v) is 4.44. The molecule has 168 valence electrons. The lowest BCUT2D eigenvalue weighted by Crippen LogP contribution is -2.38. The maximum absolute atomic E-state index is 13.2. The fourth-order valence-electron chi connectivity index (χ4n) is 2.79. The molecule has 0 unspecified atom stereocenters. The number of nitrogens with one attached hydrogen (secondary N) is 1. The summed E-state index contributed by atoms with van der Waals surface area (Å²) in [7, 11) is -4.29. The number of hydrogen-bond acceptors (Lipinski definition) is 3. The van der Waals surface area contributed by atoms with Crippen LogP contribution < -0.4 is 9.62 Å². The second kappa shape index (κ2) is 9.17. The summed E-state index contributed by atoms with van der Waals surface area (Å²) in [6, 6.07) is 14.4. The molecule has 0 saturated heterocycles. The van der Waals surface area contributed by atoms with E-state index in [2.05, 4.69) is 5.32 Å². The zero-order valence-electron chi connectivity index (χ0n) is 16.1. The van der Waals surface area contributed by atoms with Crippen LogP contribution in [0.1, 0.15) is 5.56 Å². The highest BCUT2D eigenvalue weighted by Gasteiger charge is 2.33. The molecule has 0 aliphatic carbocycles. The van der Waals surface area contributed by atoms with E-state index in [0.29, 0.717) is 6.07 Å². The number of anilines is 2. The Morgan fingerprint density at radius 3 is 2.19 bits per heavy atom. The van der Waals surface area contributed by atoms with Crippen molar-refractivity contribution in [3.05, 3.63) is 89.2 Å². The van der Waals surface area contributed by atoms with E-state index in [1.54, 1.807) is 18.2 Å². The Balaban J connectivity index is 1.91. The van der Waals surface area contributed by atoms with Gasteiger partial charge in [0.05, 0.1) is 21.2 Å². The van der Waals surface area contributed by atoms with Gasteiger partial charge in [0.2, 0.25) is 5.91 Å². The minimum Gasteiger partial charge on any atom is -0.324 e. The maximum Gasteiger partial charge on any atom is 0.417 e. The first-order chi connectivity index (χ1) is 15.0. The van der Waals surface area contributed by atoms with Crippen LogP contribution in [0.2, 0.25) is 5.02 Å². The lowest BCUT2D eigenvalue weighted by atomic mass is 10.2. The highest BCUT2D eigenvalue weighted by Crippen LogP contribution is 2.36. The van der Waals surface area contributed by atoms with Gasteiger partial charge in [-0.25, -0.2) is 12.8 Å². The number of halogens is 5. The van der Waals surface area contributed by atoms with Gasteiger partial charge in [-0.3, -0.25) is 9.10 Å². The molecule has 11 heteroatoms. The second-order valence-electron chi connectivity index (χ2n) is 6.54. The Hall–Kier alpha value is -3.11. The minimum absolute atomic E-state index is 0.138. The van der Waals surface area contributed by atoms with Crippen molar-refractivity contribution in [1.82, 2.24) is 0 Å². The van der Waals surface area contributed by atoms with Crippen LogP contribution in [-0.4, -0.2) is 20.9 Å². The number of sulfonamides is 1. The first kappa shape index (κ1) is 23.6. The van der Waals surface area contributed by atoms with Crippen LogP contribution in [0.3, 0.4) is 0 Å². The van der Waals surface area contributed by atoms with Crippen molar-refractivity contribution >= 4 is 38.9 Å². The van der Waals surface area contributed by atoms with Crippen LogP contribution in [0.25, 0.3) is 0 Å². The highest BCUT2D eigenvalue weighted by atomic mass is 35.5. The zero-order chi connectivity index (χ0) is 23.5. The van der Waals surface area contributed by atoms with Crippen molar-refractivity contribution in [2.45, 2.75) is 11.1 Å². The van der Waals surface area contributed by atoms with Crippen LogP contribution in [0, 0.1) is 5.82 Å². The number of rotatable bonds is 6. The molecule has 0 aliphatic rings. The fraction of sp³-hybridized carbons (Fsp3) is 0.0952. The van der Waals surface area contributed by atoms with Crippen molar-refractivity contribution < 1.29 is 30.8 Å². The van der Waals surface area contributed by atoms with Gasteiger partial charge in [0.25, 0.3) is 10.0 Å². The molecule has 3 rings (SSSR count). The molecule has 1 N–H and O–H groups in total. The largest absolute Gasteiger partial charge is 0.417 e. The molecule has 0 saturated carbocycles. The number of para-hydroxylation sites is 1. The predicted molar refractivity (Wildman–Crippen MR) is 112 cm³/mol. The number of hydrogen-bond donors (Lipinski definition) is 1. The molecule has 0 spiro atoms. The van der Waals surface area contributed by atoms with Gasteiger partial charge in [0, 0.05) is 5.69 Å². The molecule has 0 heterocycles. The van der Waals surface area contributed by atoms with Crippen molar-refractivity contribution in [3.8, 4) is 0 Å². The van der Waals surface area contributed by atoms with E-state index in [9.17, 15) is 30.8 Å². The summed E-state index contributed by atoms with van der Waals surface area (Å²) in [6.07, 6.45) is -4.74. The van der Waals surface area contributed by atoms with E-state index in [0.717, 1.165) is 40.7 Å². The summed E-state index contributed by atoms with van der Waals surface area (Å²) in [5, 5.41) is 1.71. The standard InChI is InChI=1S/C21H15ClF4N2O3S/c22-19-11-8-15(12-18(19)21(24,25)26)27-20(29)13-28(16-4-2-1-3-5-16)32(30,31)17-9-6-14(23)7-10-17/h1-12H,13H2,(H,27,29). The van der Waals surface area contributed by atoms with E-state index >= 15 is 0 Å². The van der Waals surface area contributed by atoms with Gasteiger partial charge in [-0.05, 0) is 54.6 Å². The lowest BCUT2D eigenvalue weighted by Gasteiger charge is -2.24. The molecular formula is C21H15ClF4N2O3S.